The number of ether oxygens (including phenoxy) is 1. The Labute approximate surface area is 137 Å². The van der Waals surface area contributed by atoms with Crippen LogP contribution in [0.5, 0.6) is 5.75 Å². The number of nitrogen functional groups attached to an aromatic ring is 1. The quantitative estimate of drug-likeness (QED) is 0.431. The number of hydrogen-bond acceptors (Lipinski definition) is 4. The molecule has 1 aromatic heterocycles. The largest absolute Gasteiger partial charge is 0.480 e. The van der Waals surface area contributed by atoms with E-state index in [1.807, 2.05) is 60.7 Å². The summed E-state index contributed by atoms with van der Waals surface area (Å²) in [6.07, 6.45) is -0.225. The zero-order valence-electron chi connectivity index (χ0n) is 12.2. The van der Waals surface area contributed by atoms with E-state index in [1.54, 1.807) is 0 Å². The molecule has 1 atom stereocenters. The van der Waals surface area contributed by atoms with Crippen LogP contribution in [0.3, 0.4) is 0 Å². The molecule has 2 aromatic carbocycles. The number of hydrazine groups is 1. The van der Waals surface area contributed by atoms with E-state index in [-0.39, 0.29) is 12.0 Å². The highest BCUT2D eigenvalue weighted by atomic mass is 32.1. The molecule has 4 nitrogen and oxygen atoms in total. The molecular formula is C18H14N2O2S. The Hall–Kier alpha value is -2.63. The van der Waals surface area contributed by atoms with Crippen molar-refractivity contribution in [2.45, 2.75) is 6.10 Å². The smallest absolute Gasteiger partial charge is 0.275 e. The van der Waals surface area contributed by atoms with Crippen molar-refractivity contribution in [3.05, 3.63) is 76.7 Å². The highest BCUT2D eigenvalue weighted by Gasteiger charge is 2.30. The first-order valence-corrected chi connectivity index (χ1v) is 8.05. The SMILES string of the molecule is NNC(=O)c1cc2c(s1)-c1ccccc1OC2c1ccccc1. The van der Waals surface area contributed by atoms with Crippen LogP contribution in [0.4, 0.5) is 0 Å². The minimum Gasteiger partial charge on any atom is -0.480 e. The van der Waals surface area contributed by atoms with Crippen LogP contribution in [0, 0.1) is 0 Å². The van der Waals surface area contributed by atoms with E-state index in [1.165, 1.54) is 11.3 Å². The number of nitrogens with two attached hydrogens (primary N) is 1. The number of hydrogen-bond donors (Lipinski definition) is 2. The summed E-state index contributed by atoms with van der Waals surface area (Å²) in [5.74, 6) is 5.82. The van der Waals surface area contributed by atoms with Gasteiger partial charge in [0.15, 0.2) is 6.10 Å². The molecule has 1 unspecified atom stereocenters. The minimum absolute atomic E-state index is 0.225. The molecule has 0 saturated carbocycles. The van der Waals surface area contributed by atoms with E-state index >= 15 is 0 Å². The first-order chi connectivity index (χ1) is 11.3. The van der Waals surface area contributed by atoms with Gasteiger partial charge >= 0.3 is 0 Å². The lowest BCUT2D eigenvalue weighted by Crippen LogP contribution is -2.29. The predicted octanol–water partition coefficient (Wildman–Crippen LogP) is 3.50. The zero-order chi connectivity index (χ0) is 15.8. The summed E-state index contributed by atoms with van der Waals surface area (Å²) < 4.78 is 6.21. The molecule has 1 aliphatic heterocycles. The summed E-state index contributed by atoms with van der Waals surface area (Å²) in [5, 5.41) is 0. The van der Waals surface area contributed by atoms with Crippen molar-refractivity contribution >= 4 is 17.2 Å². The summed E-state index contributed by atoms with van der Waals surface area (Å²) in [5.41, 5.74) is 5.26. The number of amides is 1. The Morgan fingerprint density at radius 2 is 1.83 bits per heavy atom. The molecule has 2 heterocycles. The Morgan fingerprint density at radius 3 is 2.61 bits per heavy atom. The van der Waals surface area contributed by atoms with Gasteiger partial charge in [-0.2, -0.15) is 0 Å². The molecule has 0 fully saturated rings. The maximum absolute atomic E-state index is 11.9. The van der Waals surface area contributed by atoms with E-state index in [0.29, 0.717) is 4.88 Å². The van der Waals surface area contributed by atoms with E-state index in [0.717, 1.165) is 27.3 Å². The summed E-state index contributed by atoms with van der Waals surface area (Å²) in [6, 6.07) is 19.8. The molecular weight excluding hydrogens is 308 g/mol. The first-order valence-electron chi connectivity index (χ1n) is 7.23. The van der Waals surface area contributed by atoms with Gasteiger partial charge in [0.2, 0.25) is 0 Å². The van der Waals surface area contributed by atoms with Crippen LogP contribution in [0.15, 0.2) is 60.7 Å². The fraction of sp³-hybridized carbons (Fsp3) is 0.0556. The number of fused-ring (bicyclic) bond motifs is 3. The lowest BCUT2D eigenvalue weighted by atomic mass is 9.96. The molecule has 0 bridgehead atoms. The summed E-state index contributed by atoms with van der Waals surface area (Å²) >= 11 is 1.44. The fourth-order valence-electron chi connectivity index (χ4n) is 2.82. The lowest BCUT2D eigenvalue weighted by Gasteiger charge is -2.26. The molecule has 0 aliphatic carbocycles. The van der Waals surface area contributed by atoms with Crippen molar-refractivity contribution in [1.82, 2.24) is 5.43 Å². The number of thiophene rings is 1. The van der Waals surface area contributed by atoms with E-state index in [4.69, 9.17) is 10.6 Å². The van der Waals surface area contributed by atoms with Gasteiger partial charge in [0.1, 0.15) is 5.75 Å². The number of rotatable bonds is 2. The van der Waals surface area contributed by atoms with Crippen LogP contribution < -0.4 is 16.0 Å². The second kappa shape index (κ2) is 5.53. The van der Waals surface area contributed by atoms with Gasteiger partial charge in [-0.05, 0) is 23.8 Å². The summed E-state index contributed by atoms with van der Waals surface area (Å²) in [4.78, 5) is 13.6. The van der Waals surface area contributed by atoms with Gasteiger partial charge in [0, 0.05) is 16.0 Å². The number of carbonyl (C=O) groups excluding carboxylic acids is 1. The molecule has 0 radical (unpaired) electrons. The minimum atomic E-state index is -0.284. The second-order valence-corrected chi connectivity index (χ2v) is 6.33. The van der Waals surface area contributed by atoms with Crippen LogP contribution in [0.2, 0.25) is 0 Å². The van der Waals surface area contributed by atoms with Crippen LogP contribution in [0.25, 0.3) is 10.4 Å². The van der Waals surface area contributed by atoms with Gasteiger partial charge in [-0.15, -0.1) is 11.3 Å². The van der Waals surface area contributed by atoms with Gasteiger partial charge in [0.05, 0.1) is 4.88 Å². The normalized spacial score (nSPS) is 15.3. The monoisotopic (exact) mass is 322 g/mol. The molecule has 1 aliphatic rings. The fourth-order valence-corrected chi connectivity index (χ4v) is 3.94. The van der Waals surface area contributed by atoms with E-state index in [9.17, 15) is 4.79 Å². The van der Waals surface area contributed by atoms with Gasteiger partial charge in [-0.3, -0.25) is 10.2 Å². The maximum Gasteiger partial charge on any atom is 0.275 e. The van der Waals surface area contributed by atoms with Gasteiger partial charge in [0.25, 0.3) is 5.91 Å². The molecule has 3 aromatic rings. The van der Waals surface area contributed by atoms with Crippen LogP contribution >= 0.6 is 11.3 Å². The highest BCUT2D eigenvalue weighted by molar-refractivity contribution is 7.17. The highest BCUT2D eigenvalue weighted by Crippen LogP contribution is 2.48. The Bertz CT molecular complexity index is 874. The van der Waals surface area contributed by atoms with Crippen molar-refractivity contribution in [1.29, 1.82) is 0 Å². The molecule has 5 heteroatoms. The Morgan fingerprint density at radius 1 is 1.09 bits per heavy atom. The molecule has 4 rings (SSSR count). The standard InChI is InChI=1S/C18H14N2O2S/c19-20-18(21)15-10-13-16(11-6-2-1-3-7-11)22-14-9-5-4-8-12(14)17(13)23-15/h1-10,16H,19H2,(H,20,21). The first kappa shape index (κ1) is 14.0. The summed E-state index contributed by atoms with van der Waals surface area (Å²) in [7, 11) is 0. The molecule has 1 amide bonds. The Kier molecular flexibility index (Phi) is 3.37. The third-order valence-electron chi connectivity index (χ3n) is 3.88. The molecule has 0 saturated heterocycles. The Balaban J connectivity index is 1.91. The van der Waals surface area contributed by atoms with Gasteiger partial charge in [-0.25, -0.2) is 5.84 Å². The van der Waals surface area contributed by atoms with Crippen LogP contribution in [-0.4, -0.2) is 5.91 Å². The van der Waals surface area contributed by atoms with E-state index < -0.39 is 0 Å². The zero-order valence-corrected chi connectivity index (χ0v) is 13.0. The number of carbonyl (C=O) groups is 1. The van der Waals surface area contributed by atoms with Crippen molar-refractivity contribution in [3.63, 3.8) is 0 Å². The van der Waals surface area contributed by atoms with Gasteiger partial charge in [-0.1, -0.05) is 42.5 Å². The maximum atomic E-state index is 11.9. The van der Waals surface area contributed by atoms with Crippen LogP contribution in [-0.2, 0) is 0 Å². The number of nitrogens with one attached hydrogen (secondary N) is 1. The molecule has 0 spiro atoms. The number of para-hydroxylation sites is 1. The molecule has 23 heavy (non-hydrogen) atoms. The molecule has 114 valence electrons. The van der Waals surface area contributed by atoms with Gasteiger partial charge < -0.3 is 4.74 Å². The third kappa shape index (κ3) is 2.30. The third-order valence-corrected chi connectivity index (χ3v) is 5.06. The van der Waals surface area contributed by atoms with E-state index in [2.05, 4.69) is 5.43 Å². The second-order valence-electron chi connectivity index (χ2n) is 5.27. The predicted molar refractivity (Wildman–Crippen MR) is 90.3 cm³/mol. The lowest BCUT2D eigenvalue weighted by molar-refractivity contribution is 0.0957. The topological polar surface area (TPSA) is 64.3 Å². The van der Waals surface area contributed by atoms with Crippen molar-refractivity contribution < 1.29 is 9.53 Å². The van der Waals surface area contributed by atoms with Crippen molar-refractivity contribution in [2.75, 3.05) is 0 Å². The average Bonchev–Trinajstić information content (AvgIpc) is 3.06. The van der Waals surface area contributed by atoms with Crippen molar-refractivity contribution in [2.24, 2.45) is 5.84 Å². The number of benzene rings is 2. The summed E-state index contributed by atoms with van der Waals surface area (Å²) in [6.45, 7) is 0. The van der Waals surface area contributed by atoms with Crippen molar-refractivity contribution in [3.8, 4) is 16.2 Å². The van der Waals surface area contributed by atoms with Crippen LogP contribution in [0.1, 0.15) is 26.9 Å². The molecule has 3 N–H and O–H groups in total. The average molecular weight is 322 g/mol.